The van der Waals surface area contributed by atoms with Crippen LogP contribution in [0.4, 0.5) is 11.4 Å². The molecule has 0 aromatic heterocycles. The van der Waals surface area contributed by atoms with Crippen LogP contribution in [0.5, 0.6) is 5.75 Å². The molecule has 0 aliphatic heterocycles. The number of halogens is 1. The minimum Gasteiger partial charge on any atom is -0.484 e. The summed E-state index contributed by atoms with van der Waals surface area (Å²) in [5.74, 6) is -0.714. The first kappa shape index (κ1) is 24.2. The SMILES string of the molecule is CC(=O)c1ccccc1NC(=O)/C(C#N)=C\c1ccc(OCC(=O)Nc2ccc(Cl)cc2)cc1. The average Bonchev–Trinajstić information content (AvgIpc) is 2.83. The number of Topliss-reactive ketones (excluding diaryl/α,β-unsaturated/α-hetero) is 1. The quantitative estimate of drug-likeness (QED) is 0.268. The van der Waals surface area contributed by atoms with Gasteiger partial charge in [-0.25, -0.2) is 0 Å². The summed E-state index contributed by atoms with van der Waals surface area (Å²) < 4.78 is 5.48. The number of benzene rings is 3. The topological polar surface area (TPSA) is 108 Å². The number of nitrogens with one attached hydrogen (secondary N) is 2. The van der Waals surface area contributed by atoms with E-state index in [1.54, 1.807) is 72.8 Å². The summed E-state index contributed by atoms with van der Waals surface area (Å²) in [7, 11) is 0. The van der Waals surface area contributed by atoms with Crippen LogP contribution in [0.1, 0.15) is 22.8 Å². The number of nitriles is 1. The molecule has 0 heterocycles. The highest BCUT2D eigenvalue weighted by atomic mass is 35.5. The van der Waals surface area contributed by atoms with Crippen molar-refractivity contribution in [3.8, 4) is 11.8 Å². The summed E-state index contributed by atoms with van der Waals surface area (Å²) in [5.41, 5.74) is 1.75. The van der Waals surface area contributed by atoms with E-state index in [4.69, 9.17) is 16.3 Å². The van der Waals surface area contributed by atoms with Crippen molar-refractivity contribution in [2.75, 3.05) is 17.2 Å². The molecule has 0 saturated carbocycles. The minimum absolute atomic E-state index is 0.130. The molecule has 0 aliphatic carbocycles. The molecule has 3 aromatic rings. The Labute approximate surface area is 201 Å². The maximum Gasteiger partial charge on any atom is 0.266 e. The lowest BCUT2D eigenvalue weighted by atomic mass is 10.1. The monoisotopic (exact) mass is 473 g/mol. The van der Waals surface area contributed by atoms with Gasteiger partial charge in [0.25, 0.3) is 11.8 Å². The molecule has 0 bridgehead atoms. The summed E-state index contributed by atoms with van der Waals surface area (Å²) in [6, 6.07) is 21.7. The van der Waals surface area contributed by atoms with Gasteiger partial charge in [-0.05, 0) is 67.1 Å². The zero-order valence-corrected chi connectivity index (χ0v) is 18.9. The molecule has 7 nitrogen and oxygen atoms in total. The zero-order chi connectivity index (χ0) is 24.5. The van der Waals surface area contributed by atoms with Crippen LogP contribution in [0.15, 0.2) is 78.4 Å². The van der Waals surface area contributed by atoms with E-state index in [0.717, 1.165) is 0 Å². The number of hydrogen-bond acceptors (Lipinski definition) is 5. The van der Waals surface area contributed by atoms with Crippen molar-refractivity contribution in [1.82, 2.24) is 0 Å². The van der Waals surface area contributed by atoms with E-state index in [0.29, 0.717) is 33.3 Å². The fraction of sp³-hybridized carbons (Fsp3) is 0.0769. The molecule has 3 aromatic carbocycles. The predicted octanol–water partition coefficient (Wildman–Crippen LogP) is 5.11. The first-order valence-corrected chi connectivity index (χ1v) is 10.5. The van der Waals surface area contributed by atoms with E-state index in [1.807, 2.05) is 6.07 Å². The van der Waals surface area contributed by atoms with Crippen LogP contribution in [0, 0.1) is 11.3 Å². The number of ketones is 1. The number of carbonyl (C=O) groups excluding carboxylic acids is 3. The van der Waals surface area contributed by atoms with Gasteiger partial charge in [0.15, 0.2) is 12.4 Å². The summed E-state index contributed by atoms with van der Waals surface area (Å²) in [6.45, 7) is 1.20. The number of hydrogen-bond donors (Lipinski definition) is 2. The van der Waals surface area contributed by atoms with Gasteiger partial charge in [-0.15, -0.1) is 0 Å². The van der Waals surface area contributed by atoms with Crippen molar-refractivity contribution >= 4 is 46.6 Å². The lowest BCUT2D eigenvalue weighted by Gasteiger charge is -2.09. The molecular formula is C26H20ClN3O4. The van der Waals surface area contributed by atoms with Gasteiger partial charge in [0, 0.05) is 16.3 Å². The van der Waals surface area contributed by atoms with Crippen LogP contribution in [0.25, 0.3) is 6.08 Å². The van der Waals surface area contributed by atoms with Crippen molar-refractivity contribution in [3.63, 3.8) is 0 Å². The summed E-state index contributed by atoms with van der Waals surface area (Å²) in [6.07, 6.45) is 1.42. The van der Waals surface area contributed by atoms with Gasteiger partial charge in [-0.2, -0.15) is 5.26 Å². The molecule has 170 valence electrons. The molecular weight excluding hydrogens is 454 g/mol. The Morgan fingerprint density at radius 1 is 0.971 bits per heavy atom. The number of carbonyl (C=O) groups is 3. The molecule has 8 heteroatoms. The zero-order valence-electron chi connectivity index (χ0n) is 18.2. The highest BCUT2D eigenvalue weighted by Crippen LogP contribution is 2.19. The van der Waals surface area contributed by atoms with Crippen LogP contribution in [-0.4, -0.2) is 24.2 Å². The molecule has 0 fully saturated rings. The number of nitrogens with zero attached hydrogens (tertiary/aromatic N) is 1. The molecule has 3 rings (SSSR count). The van der Waals surface area contributed by atoms with Crippen LogP contribution >= 0.6 is 11.6 Å². The Morgan fingerprint density at radius 2 is 1.65 bits per heavy atom. The largest absolute Gasteiger partial charge is 0.484 e. The van der Waals surface area contributed by atoms with E-state index in [-0.39, 0.29) is 23.9 Å². The van der Waals surface area contributed by atoms with Crippen LogP contribution in [-0.2, 0) is 9.59 Å². The Hall–Kier alpha value is -4.41. The first-order valence-electron chi connectivity index (χ1n) is 10.2. The second-order valence-corrected chi connectivity index (χ2v) is 7.57. The van der Waals surface area contributed by atoms with Crippen molar-refractivity contribution in [2.24, 2.45) is 0 Å². The molecule has 0 aliphatic rings. The molecule has 34 heavy (non-hydrogen) atoms. The molecule has 0 radical (unpaired) electrons. The second kappa shape index (κ2) is 11.5. The van der Waals surface area contributed by atoms with Gasteiger partial charge < -0.3 is 15.4 Å². The summed E-state index contributed by atoms with van der Waals surface area (Å²) >= 11 is 5.82. The second-order valence-electron chi connectivity index (χ2n) is 7.14. The fourth-order valence-electron chi connectivity index (χ4n) is 2.94. The molecule has 0 atom stereocenters. The van der Waals surface area contributed by atoms with Gasteiger partial charge in [0.05, 0.1) is 5.69 Å². The van der Waals surface area contributed by atoms with Gasteiger partial charge in [-0.3, -0.25) is 14.4 Å². The lowest BCUT2D eigenvalue weighted by Crippen LogP contribution is -2.20. The number of ether oxygens (including phenoxy) is 1. The Bertz CT molecular complexity index is 1280. The Morgan fingerprint density at radius 3 is 2.29 bits per heavy atom. The van der Waals surface area contributed by atoms with E-state index < -0.39 is 5.91 Å². The van der Waals surface area contributed by atoms with Gasteiger partial charge in [0.2, 0.25) is 0 Å². The van der Waals surface area contributed by atoms with Crippen molar-refractivity contribution < 1.29 is 19.1 Å². The number of para-hydroxylation sites is 1. The average molecular weight is 474 g/mol. The number of anilines is 2. The molecule has 0 spiro atoms. The standard InChI is InChI=1S/C26H20ClN3O4/c1-17(31)23-4-2-3-5-24(23)30-26(33)19(15-28)14-18-6-12-22(13-7-18)34-16-25(32)29-21-10-8-20(27)9-11-21/h2-14H,16H2,1H3,(H,29,32)(H,30,33)/b19-14-. The molecule has 0 saturated heterocycles. The highest BCUT2D eigenvalue weighted by molar-refractivity contribution is 6.30. The van der Waals surface area contributed by atoms with E-state index in [1.165, 1.54) is 13.0 Å². The normalized spacial score (nSPS) is 10.7. The van der Waals surface area contributed by atoms with Crippen LogP contribution in [0.2, 0.25) is 5.02 Å². The van der Waals surface area contributed by atoms with Crippen molar-refractivity contribution in [2.45, 2.75) is 6.92 Å². The fourth-order valence-corrected chi connectivity index (χ4v) is 3.07. The third-order valence-corrected chi connectivity index (χ3v) is 4.86. The first-order chi connectivity index (χ1) is 16.4. The number of rotatable bonds is 8. The smallest absolute Gasteiger partial charge is 0.266 e. The molecule has 2 amide bonds. The highest BCUT2D eigenvalue weighted by Gasteiger charge is 2.13. The third kappa shape index (κ3) is 6.79. The van der Waals surface area contributed by atoms with Crippen molar-refractivity contribution in [1.29, 1.82) is 5.26 Å². The van der Waals surface area contributed by atoms with Crippen LogP contribution < -0.4 is 15.4 Å². The van der Waals surface area contributed by atoms with Gasteiger partial charge in [-0.1, -0.05) is 35.9 Å². The Balaban J connectivity index is 1.60. The molecule has 0 unspecified atom stereocenters. The van der Waals surface area contributed by atoms with E-state index >= 15 is 0 Å². The van der Waals surface area contributed by atoms with E-state index in [9.17, 15) is 19.6 Å². The predicted molar refractivity (Wildman–Crippen MR) is 131 cm³/mol. The lowest BCUT2D eigenvalue weighted by molar-refractivity contribution is -0.118. The Kier molecular flexibility index (Phi) is 8.16. The van der Waals surface area contributed by atoms with Gasteiger partial charge >= 0.3 is 0 Å². The summed E-state index contributed by atoms with van der Waals surface area (Å²) in [5, 5.41) is 15.3. The minimum atomic E-state index is -0.629. The maximum absolute atomic E-state index is 12.5. The summed E-state index contributed by atoms with van der Waals surface area (Å²) in [4.78, 5) is 36.3. The third-order valence-electron chi connectivity index (χ3n) is 4.61. The maximum atomic E-state index is 12.5. The van der Waals surface area contributed by atoms with E-state index in [2.05, 4.69) is 10.6 Å². The van der Waals surface area contributed by atoms with Gasteiger partial charge in [0.1, 0.15) is 17.4 Å². The molecule has 2 N–H and O–H groups in total. The van der Waals surface area contributed by atoms with Crippen LogP contribution in [0.3, 0.4) is 0 Å². The number of amides is 2. The van der Waals surface area contributed by atoms with Crippen molar-refractivity contribution in [3.05, 3.63) is 94.5 Å².